The Bertz CT molecular complexity index is 1180. The van der Waals surface area contributed by atoms with E-state index in [1.54, 1.807) is 0 Å². The fourth-order valence-electron chi connectivity index (χ4n) is 2.54. The summed E-state index contributed by atoms with van der Waals surface area (Å²) < 4.78 is 46.0. The first-order chi connectivity index (χ1) is 14.2. The molecule has 0 heterocycles. The number of anilines is 2. The third-order valence-electron chi connectivity index (χ3n) is 4.01. The number of carbonyl (C=O) groups excluding carboxylic acids is 1. The molecule has 0 saturated carbocycles. The molecular formula is C20H15Cl2FN2O4S. The first-order valence-electron chi connectivity index (χ1n) is 8.42. The zero-order valence-corrected chi connectivity index (χ0v) is 17.8. The van der Waals surface area contributed by atoms with E-state index in [4.69, 9.17) is 27.9 Å². The van der Waals surface area contributed by atoms with Gasteiger partial charge in [-0.3, -0.25) is 9.52 Å². The van der Waals surface area contributed by atoms with E-state index in [0.29, 0.717) is 11.4 Å². The molecule has 0 bridgehead atoms. The summed E-state index contributed by atoms with van der Waals surface area (Å²) in [4.78, 5) is 12.7. The van der Waals surface area contributed by atoms with Gasteiger partial charge < -0.3 is 10.1 Å². The maximum Gasteiger partial charge on any atom is 0.261 e. The monoisotopic (exact) mass is 468 g/mol. The Morgan fingerprint density at radius 2 is 1.63 bits per heavy atom. The molecule has 0 aliphatic rings. The SMILES string of the molecule is COc1ccc(S(=O)(=O)Nc2c(Cl)cc(Cl)cc2C(=O)Nc2ccc(F)cc2)cc1. The summed E-state index contributed by atoms with van der Waals surface area (Å²) in [7, 11) is -2.61. The minimum atomic E-state index is -4.07. The van der Waals surface area contributed by atoms with Crippen LogP contribution in [0.1, 0.15) is 10.4 Å². The average Bonchev–Trinajstić information content (AvgIpc) is 2.71. The van der Waals surface area contributed by atoms with E-state index in [2.05, 4.69) is 10.0 Å². The second-order valence-corrected chi connectivity index (χ2v) is 8.58. The van der Waals surface area contributed by atoms with E-state index in [1.807, 2.05) is 0 Å². The molecule has 6 nitrogen and oxygen atoms in total. The van der Waals surface area contributed by atoms with E-state index < -0.39 is 21.7 Å². The molecule has 0 radical (unpaired) electrons. The highest BCUT2D eigenvalue weighted by molar-refractivity contribution is 7.92. The predicted octanol–water partition coefficient (Wildman–Crippen LogP) is 5.19. The van der Waals surface area contributed by atoms with Crippen LogP contribution in [0.4, 0.5) is 15.8 Å². The van der Waals surface area contributed by atoms with Crippen LogP contribution in [0.3, 0.4) is 0 Å². The first-order valence-corrected chi connectivity index (χ1v) is 10.7. The maximum atomic E-state index is 13.1. The first kappa shape index (κ1) is 21.9. The van der Waals surface area contributed by atoms with Crippen molar-refractivity contribution >= 4 is 50.5 Å². The summed E-state index contributed by atoms with van der Waals surface area (Å²) in [5.74, 6) is -0.664. The van der Waals surface area contributed by atoms with Gasteiger partial charge in [-0.05, 0) is 60.7 Å². The lowest BCUT2D eigenvalue weighted by Gasteiger charge is -2.15. The highest BCUT2D eigenvalue weighted by Gasteiger charge is 2.22. The Labute approximate surface area is 182 Å². The fourth-order valence-corrected chi connectivity index (χ4v) is 4.23. The van der Waals surface area contributed by atoms with Gasteiger partial charge in [-0.25, -0.2) is 12.8 Å². The highest BCUT2D eigenvalue weighted by Crippen LogP contribution is 2.33. The lowest BCUT2D eigenvalue weighted by atomic mass is 10.1. The topological polar surface area (TPSA) is 84.5 Å². The van der Waals surface area contributed by atoms with Crippen LogP contribution in [0.15, 0.2) is 65.6 Å². The van der Waals surface area contributed by atoms with Crippen LogP contribution < -0.4 is 14.8 Å². The van der Waals surface area contributed by atoms with Crippen LogP contribution in [-0.4, -0.2) is 21.4 Å². The van der Waals surface area contributed by atoms with Crippen LogP contribution in [0.2, 0.25) is 10.0 Å². The maximum absolute atomic E-state index is 13.1. The molecule has 30 heavy (non-hydrogen) atoms. The third kappa shape index (κ3) is 5.02. The molecule has 0 fully saturated rings. The van der Waals surface area contributed by atoms with Gasteiger partial charge in [0.1, 0.15) is 11.6 Å². The molecule has 0 unspecified atom stereocenters. The third-order valence-corrected chi connectivity index (χ3v) is 5.89. The van der Waals surface area contributed by atoms with Crippen LogP contribution in [-0.2, 0) is 10.0 Å². The lowest BCUT2D eigenvalue weighted by Crippen LogP contribution is -2.19. The van der Waals surface area contributed by atoms with Crippen molar-refractivity contribution in [1.82, 2.24) is 0 Å². The lowest BCUT2D eigenvalue weighted by molar-refractivity contribution is 0.102. The molecule has 0 saturated heterocycles. The van der Waals surface area contributed by atoms with Crippen LogP contribution in [0, 0.1) is 5.82 Å². The van der Waals surface area contributed by atoms with E-state index >= 15 is 0 Å². The van der Waals surface area contributed by atoms with E-state index in [1.165, 1.54) is 67.8 Å². The molecule has 0 aliphatic heterocycles. The molecular weight excluding hydrogens is 454 g/mol. The number of halogens is 3. The Morgan fingerprint density at radius 3 is 2.23 bits per heavy atom. The van der Waals surface area contributed by atoms with Gasteiger partial charge in [0.2, 0.25) is 0 Å². The Balaban J connectivity index is 1.95. The largest absolute Gasteiger partial charge is 0.497 e. The van der Waals surface area contributed by atoms with Gasteiger partial charge in [0, 0.05) is 10.7 Å². The van der Waals surface area contributed by atoms with Gasteiger partial charge >= 0.3 is 0 Å². The zero-order chi connectivity index (χ0) is 21.9. The molecule has 1 amide bonds. The number of sulfonamides is 1. The average molecular weight is 469 g/mol. The summed E-state index contributed by atoms with van der Waals surface area (Å²) in [6.07, 6.45) is 0. The number of nitrogens with one attached hydrogen (secondary N) is 2. The van der Waals surface area contributed by atoms with Gasteiger partial charge in [0.05, 0.1) is 28.3 Å². The van der Waals surface area contributed by atoms with Crippen molar-refractivity contribution in [2.24, 2.45) is 0 Å². The minimum absolute atomic E-state index is 0.0563. The van der Waals surface area contributed by atoms with Gasteiger partial charge in [0.15, 0.2) is 0 Å². The number of ether oxygens (including phenoxy) is 1. The number of amides is 1. The highest BCUT2D eigenvalue weighted by atomic mass is 35.5. The van der Waals surface area contributed by atoms with Crippen molar-refractivity contribution < 1.29 is 22.3 Å². The van der Waals surface area contributed by atoms with Crippen LogP contribution in [0.5, 0.6) is 5.75 Å². The smallest absolute Gasteiger partial charge is 0.261 e. The molecule has 0 spiro atoms. The Morgan fingerprint density at radius 1 is 1.00 bits per heavy atom. The standard InChI is InChI=1S/C20H15Cl2FN2O4S/c1-29-15-6-8-16(9-7-15)30(27,28)25-19-17(10-12(21)11-18(19)22)20(26)24-14-4-2-13(23)3-5-14/h2-11,25H,1H3,(H,24,26). The number of carbonyl (C=O) groups is 1. The molecule has 0 aliphatic carbocycles. The summed E-state index contributed by atoms with van der Waals surface area (Å²) in [5, 5.41) is 2.62. The van der Waals surface area contributed by atoms with Gasteiger partial charge in [0.25, 0.3) is 15.9 Å². The number of hydrogen-bond donors (Lipinski definition) is 2. The van der Waals surface area contributed by atoms with Crippen molar-refractivity contribution in [1.29, 1.82) is 0 Å². The Hall–Kier alpha value is -2.81. The molecule has 3 aromatic carbocycles. The molecule has 3 aromatic rings. The summed E-state index contributed by atoms with van der Waals surface area (Å²) in [6.45, 7) is 0. The molecule has 3 rings (SSSR count). The van der Waals surface area contributed by atoms with Crippen molar-refractivity contribution in [3.63, 3.8) is 0 Å². The molecule has 2 N–H and O–H groups in total. The van der Waals surface area contributed by atoms with Gasteiger partial charge in [-0.15, -0.1) is 0 Å². The van der Waals surface area contributed by atoms with Gasteiger partial charge in [-0.1, -0.05) is 23.2 Å². The predicted molar refractivity (Wildman–Crippen MR) is 115 cm³/mol. The van der Waals surface area contributed by atoms with E-state index in [9.17, 15) is 17.6 Å². The van der Waals surface area contributed by atoms with Gasteiger partial charge in [-0.2, -0.15) is 0 Å². The van der Waals surface area contributed by atoms with Crippen molar-refractivity contribution in [3.05, 3.63) is 82.1 Å². The summed E-state index contributed by atoms with van der Waals surface area (Å²) in [5.41, 5.74) is 0.0619. The number of rotatable bonds is 6. The molecule has 0 aromatic heterocycles. The minimum Gasteiger partial charge on any atom is -0.497 e. The molecule has 10 heteroatoms. The van der Waals surface area contributed by atoms with Crippen LogP contribution >= 0.6 is 23.2 Å². The summed E-state index contributed by atoms with van der Waals surface area (Å²) in [6, 6.07) is 13.3. The number of methoxy groups -OCH3 is 1. The number of hydrogen-bond acceptors (Lipinski definition) is 4. The van der Waals surface area contributed by atoms with Crippen molar-refractivity contribution in [3.8, 4) is 5.75 Å². The normalized spacial score (nSPS) is 11.1. The van der Waals surface area contributed by atoms with E-state index in [0.717, 1.165) is 0 Å². The molecule has 0 atom stereocenters. The Kier molecular flexibility index (Phi) is 6.50. The molecule has 156 valence electrons. The second-order valence-electron chi connectivity index (χ2n) is 6.05. The summed E-state index contributed by atoms with van der Waals surface area (Å²) >= 11 is 12.2. The quantitative estimate of drug-likeness (QED) is 0.520. The van der Waals surface area contributed by atoms with Crippen molar-refractivity contribution in [2.45, 2.75) is 4.90 Å². The van der Waals surface area contributed by atoms with Crippen molar-refractivity contribution in [2.75, 3.05) is 17.1 Å². The fraction of sp³-hybridized carbons (Fsp3) is 0.0500. The zero-order valence-electron chi connectivity index (χ0n) is 15.4. The second kappa shape index (κ2) is 8.91. The van der Waals surface area contributed by atoms with E-state index in [-0.39, 0.29) is 26.2 Å². The number of benzene rings is 3. The van der Waals surface area contributed by atoms with Crippen LogP contribution in [0.25, 0.3) is 0 Å².